The molecule has 5 nitrogen and oxygen atoms in total. The van der Waals surface area contributed by atoms with Gasteiger partial charge in [0.2, 0.25) is 5.91 Å². The maximum atomic E-state index is 13.1. The molecular weight excluding hydrogens is 357 g/mol. The molecule has 6 heteroatoms. The van der Waals surface area contributed by atoms with Crippen LogP contribution >= 0.6 is 0 Å². The van der Waals surface area contributed by atoms with Gasteiger partial charge in [0.05, 0.1) is 5.92 Å². The molecule has 1 unspecified atom stereocenters. The largest absolute Gasteiger partial charge is 0.338 e. The number of benzene rings is 2. The Bertz CT molecular complexity index is 823. The second kappa shape index (κ2) is 9.46. The summed E-state index contributed by atoms with van der Waals surface area (Å²) in [5.74, 6) is -0.861. The summed E-state index contributed by atoms with van der Waals surface area (Å²) in [6.07, 6.45) is 1.51. The van der Waals surface area contributed by atoms with Crippen LogP contribution in [-0.4, -0.2) is 36.3 Å². The Kier molecular flexibility index (Phi) is 6.76. The SMILES string of the molecule is CCNCc1ccccc1NC(=O)C1CCCN(C(=O)c2ccc(F)cc2)C1. The van der Waals surface area contributed by atoms with Crippen molar-refractivity contribution in [3.63, 3.8) is 0 Å². The summed E-state index contributed by atoms with van der Waals surface area (Å²) in [5.41, 5.74) is 2.28. The number of carbonyl (C=O) groups excluding carboxylic acids is 2. The van der Waals surface area contributed by atoms with E-state index in [9.17, 15) is 14.0 Å². The van der Waals surface area contributed by atoms with Crippen LogP contribution in [0.4, 0.5) is 10.1 Å². The van der Waals surface area contributed by atoms with E-state index < -0.39 is 0 Å². The molecular formula is C22H26FN3O2. The number of para-hydroxylation sites is 1. The molecule has 2 N–H and O–H groups in total. The maximum absolute atomic E-state index is 13.1. The van der Waals surface area contributed by atoms with Crippen molar-refractivity contribution in [3.8, 4) is 0 Å². The lowest BCUT2D eigenvalue weighted by Crippen LogP contribution is -2.43. The van der Waals surface area contributed by atoms with Crippen LogP contribution in [0.2, 0.25) is 0 Å². The van der Waals surface area contributed by atoms with Crippen molar-refractivity contribution in [3.05, 3.63) is 65.5 Å². The van der Waals surface area contributed by atoms with Gasteiger partial charge in [-0.2, -0.15) is 0 Å². The van der Waals surface area contributed by atoms with Gasteiger partial charge in [0.25, 0.3) is 5.91 Å². The third kappa shape index (κ3) is 4.95. The number of likely N-dealkylation sites (tertiary alicyclic amines) is 1. The van der Waals surface area contributed by atoms with Gasteiger partial charge < -0.3 is 15.5 Å². The van der Waals surface area contributed by atoms with Gasteiger partial charge in [-0.3, -0.25) is 9.59 Å². The Balaban J connectivity index is 1.65. The first-order valence-corrected chi connectivity index (χ1v) is 9.72. The average molecular weight is 383 g/mol. The van der Waals surface area contributed by atoms with Gasteiger partial charge in [-0.25, -0.2) is 4.39 Å². The van der Waals surface area contributed by atoms with E-state index in [-0.39, 0.29) is 23.5 Å². The molecule has 0 aliphatic carbocycles. The normalized spacial score (nSPS) is 16.6. The third-order valence-corrected chi connectivity index (χ3v) is 5.01. The van der Waals surface area contributed by atoms with Crippen LogP contribution < -0.4 is 10.6 Å². The number of rotatable bonds is 6. The van der Waals surface area contributed by atoms with Crippen molar-refractivity contribution in [2.75, 3.05) is 25.0 Å². The highest BCUT2D eigenvalue weighted by atomic mass is 19.1. The fourth-order valence-electron chi connectivity index (χ4n) is 3.44. The Morgan fingerprint density at radius 3 is 2.64 bits per heavy atom. The molecule has 3 rings (SSSR count). The molecule has 2 aromatic rings. The molecule has 0 saturated carbocycles. The Morgan fingerprint density at radius 2 is 1.89 bits per heavy atom. The van der Waals surface area contributed by atoms with Crippen LogP contribution in [0.15, 0.2) is 48.5 Å². The quantitative estimate of drug-likeness (QED) is 0.803. The molecule has 2 amide bonds. The molecule has 1 fully saturated rings. The van der Waals surface area contributed by atoms with Crippen molar-refractivity contribution < 1.29 is 14.0 Å². The topological polar surface area (TPSA) is 61.4 Å². The minimum atomic E-state index is -0.372. The molecule has 0 radical (unpaired) electrons. The van der Waals surface area contributed by atoms with E-state index in [0.29, 0.717) is 25.2 Å². The molecule has 0 bridgehead atoms. The first-order valence-electron chi connectivity index (χ1n) is 9.72. The van der Waals surface area contributed by atoms with Crippen LogP contribution in [0.3, 0.4) is 0 Å². The van der Waals surface area contributed by atoms with Crippen LogP contribution in [0.5, 0.6) is 0 Å². The van der Waals surface area contributed by atoms with E-state index in [0.717, 1.165) is 30.6 Å². The van der Waals surface area contributed by atoms with E-state index in [1.165, 1.54) is 24.3 Å². The summed E-state index contributed by atoms with van der Waals surface area (Å²) >= 11 is 0. The minimum absolute atomic E-state index is 0.0689. The first-order chi connectivity index (χ1) is 13.6. The number of amides is 2. The van der Waals surface area contributed by atoms with Gasteiger partial charge in [0, 0.05) is 30.9 Å². The number of hydrogen-bond acceptors (Lipinski definition) is 3. The predicted octanol–water partition coefficient (Wildman–Crippen LogP) is 3.43. The first kappa shape index (κ1) is 20.0. The summed E-state index contributed by atoms with van der Waals surface area (Å²) < 4.78 is 13.1. The average Bonchev–Trinajstić information content (AvgIpc) is 2.73. The molecule has 148 valence electrons. The lowest BCUT2D eigenvalue weighted by atomic mass is 9.96. The number of carbonyl (C=O) groups is 2. The van der Waals surface area contributed by atoms with E-state index >= 15 is 0 Å². The fraction of sp³-hybridized carbons (Fsp3) is 0.364. The van der Waals surface area contributed by atoms with Gasteiger partial charge in [0.15, 0.2) is 0 Å². The highest BCUT2D eigenvalue weighted by Gasteiger charge is 2.29. The molecule has 28 heavy (non-hydrogen) atoms. The molecule has 1 heterocycles. The Hall–Kier alpha value is -2.73. The zero-order valence-electron chi connectivity index (χ0n) is 16.1. The van der Waals surface area contributed by atoms with Crippen LogP contribution in [0, 0.1) is 11.7 Å². The zero-order valence-corrected chi connectivity index (χ0v) is 16.1. The van der Waals surface area contributed by atoms with Crippen molar-refractivity contribution in [1.29, 1.82) is 0 Å². The number of piperidine rings is 1. The van der Waals surface area contributed by atoms with Gasteiger partial charge in [-0.1, -0.05) is 25.1 Å². The smallest absolute Gasteiger partial charge is 0.253 e. The van der Waals surface area contributed by atoms with Crippen LogP contribution in [-0.2, 0) is 11.3 Å². The molecule has 0 aromatic heterocycles. The van der Waals surface area contributed by atoms with Gasteiger partial charge in [0.1, 0.15) is 5.82 Å². The maximum Gasteiger partial charge on any atom is 0.253 e. The summed E-state index contributed by atoms with van der Waals surface area (Å²) in [7, 11) is 0. The molecule has 0 spiro atoms. The molecule has 1 aliphatic rings. The lowest BCUT2D eigenvalue weighted by Gasteiger charge is -2.32. The number of halogens is 1. The van der Waals surface area contributed by atoms with Crippen molar-refractivity contribution in [2.24, 2.45) is 5.92 Å². The lowest BCUT2D eigenvalue weighted by molar-refractivity contribution is -0.121. The predicted molar refractivity (Wildman–Crippen MR) is 107 cm³/mol. The van der Waals surface area contributed by atoms with E-state index in [1.54, 1.807) is 4.90 Å². The van der Waals surface area contributed by atoms with Crippen LogP contribution in [0.1, 0.15) is 35.7 Å². The number of hydrogen-bond donors (Lipinski definition) is 2. The third-order valence-electron chi connectivity index (χ3n) is 5.01. The second-order valence-electron chi connectivity index (χ2n) is 7.02. The fourth-order valence-corrected chi connectivity index (χ4v) is 3.44. The molecule has 1 saturated heterocycles. The van der Waals surface area contributed by atoms with Gasteiger partial charge in [-0.05, 0) is 55.3 Å². The minimum Gasteiger partial charge on any atom is -0.338 e. The zero-order chi connectivity index (χ0) is 19.9. The Morgan fingerprint density at radius 1 is 1.14 bits per heavy atom. The summed E-state index contributed by atoms with van der Waals surface area (Å²) in [5, 5.41) is 6.30. The second-order valence-corrected chi connectivity index (χ2v) is 7.02. The van der Waals surface area contributed by atoms with Crippen molar-refractivity contribution >= 4 is 17.5 Å². The van der Waals surface area contributed by atoms with E-state index in [2.05, 4.69) is 10.6 Å². The Labute approximate surface area is 164 Å². The number of nitrogens with zero attached hydrogens (tertiary/aromatic N) is 1. The van der Waals surface area contributed by atoms with Crippen LogP contribution in [0.25, 0.3) is 0 Å². The summed E-state index contributed by atoms with van der Waals surface area (Å²) in [6.45, 7) is 4.56. The molecule has 1 atom stereocenters. The van der Waals surface area contributed by atoms with Gasteiger partial charge in [-0.15, -0.1) is 0 Å². The molecule has 1 aliphatic heterocycles. The van der Waals surface area contributed by atoms with Gasteiger partial charge >= 0.3 is 0 Å². The van der Waals surface area contributed by atoms with Crippen molar-refractivity contribution in [1.82, 2.24) is 10.2 Å². The molecule has 2 aromatic carbocycles. The monoisotopic (exact) mass is 383 g/mol. The standard InChI is InChI=1S/C22H26FN3O2/c1-2-24-14-17-6-3-4-8-20(17)25-21(27)18-7-5-13-26(15-18)22(28)16-9-11-19(23)12-10-16/h3-4,6,8-12,18,24H,2,5,7,13-15H2,1H3,(H,25,27). The summed E-state index contributed by atoms with van der Waals surface area (Å²) in [6, 6.07) is 13.3. The van der Waals surface area contributed by atoms with E-state index in [4.69, 9.17) is 0 Å². The highest BCUT2D eigenvalue weighted by Crippen LogP contribution is 2.22. The van der Waals surface area contributed by atoms with Crippen molar-refractivity contribution in [2.45, 2.75) is 26.3 Å². The number of nitrogens with one attached hydrogen (secondary N) is 2. The number of anilines is 1. The highest BCUT2D eigenvalue weighted by molar-refractivity contribution is 5.96. The van der Waals surface area contributed by atoms with E-state index in [1.807, 2.05) is 31.2 Å². The summed E-state index contributed by atoms with van der Waals surface area (Å²) in [4.78, 5) is 27.2.